The first-order valence-electron chi connectivity index (χ1n) is 7.15. The zero-order valence-corrected chi connectivity index (χ0v) is 12.8. The fourth-order valence-electron chi connectivity index (χ4n) is 2.63. The number of hydrogen-bond acceptors (Lipinski definition) is 4. The van der Waals surface area contributed by atoms with Gasteiger partial charge in [-0.15, -0.1) is 10.2 Å². The van der Waals surface area contributed by atoms with Gasteiger partial charge in [0.25, 0.3) is 0 Å². The van der Waals surface area contributed by atoms with Crippen LogP contribution >= 0.6 is 11.6 Å². The molecule has 1 saturated heterocycles. The maximum absolute atomic E-state index is 6.21. The van der Waals surface area contributed by atoms with E-state index in [9.17, 15) is 0 Å². The summed E-state index contributed by atoms with van der Waals surface area (Å²) in [5.74, 6) is 0.887. The maximum atomic E-state index is 6.21. The fourth-order valence-corrected chi connectivity index (χ4v) is 2.86. The molecule has 6 heteroatoms. The van der Waals surface area contributed by atoms with Crippen LogP contribution in [0.25, 0.3) is 0 Å². The fraction of sp³-hybridized carbons (Fsp3) is 0.467. The van der Waals surface area contributed by atoms with Crippen LogP contribution in [0.1, 0.15) is 17.5 Å². The molecule has 112 valence electrons. The molecule has 2 aromatic rings. The minimum absolute atomic E-state index is 0.00232. The van der Waals surface area contributed by atoms with Gasteiger partial charge in [-0.1, -0.05) is 29.8 Å². The lowest BCUT2D eigenvalue weighted by atomic mass is 10.1. The Hall–Kier alpha value is -1.43. The summed E-state index contributed by atoms with van der Waals surface area (Å²) in [4.78, 5) is 2.40. The minimum Gasteiger partial charge on any atom is -0.368 e. The molecule has 0 amide bonds. The number of nitrogens with zero attached hydrogens (tertiary/aromatic N) is 4. The molecule has 0 bridgehead atoms. The predicted molar refractivity (Wildman–Crippen MR) is 81.3 cm³/mol. The van der Waals surface area contributed by atoms with Crippen molar-refractivity contribution in [1.29, 1.82) is 0 Å². The van der Waals surface area contributed by atoms with Gasteiger partial charge in [-0.2, -0.15) is 0 Å². The molecule has 21 heavy (non-hydrogen) atoms. The first-order chi connectivity index (χ1) is 10.2. The third-order valence-corrected chi connectivity index (χ3v) is 4.21. The predicted octanol–water partition coefficient (Wildman–Crippen LogP) is 2.08. The first kappa shape index (κ1) is 14.5. The number of hydrogen-bond donors (Lipinski definition) is 0. The highest BCUT2D eigenvalue weighted by Gasteiger charge is 2.25. The molecule has 0 radical (unpaired) electrons. The lowest BCUT2D eigenvalue weighted by Gasteiger charge is -2.32. The van der Waals surface area contributed by atoms with Crippen molar-refractivity contribution in [2.24, 2.45) is 7.05 Å². The third kappa shape index (κ3) is 3.43. The van der Waals surface area contributed by atoms with E-state index in [2.05, 4.69) is 21.2 Å². The van der Waals surface area contributed by atoms with E-state index < -0.39 is 0 Å². The molecule has 1 aromatic heterocycles. The number of benzene rings is 1. The molecule has 0 spiro atoms. The molecule has 3 rings (SSSR count). The summed E-state index contributed by atoms with van der Waals surface area (Å²) in [6.45, 7) is 3.48. The normalized spacial score (nSPS) is 19.8. The molecular formula is C15H19ClN4O. The molecule has 0 N–H and O–H groups in total. The first-order valence-corrected chi connectivity index (χ1v) is 7.53. The summed E-state index contributed by atoms with van der Waals surface area (Å²) >= 11 is 6.21. The smallest absolute Gasteiger partial charge is 0.163 e. The van der Waals surface area contributed by atoms with E-state index in [1.807, 2.05) is 29.8 Å². The van der Waals surface area contributed by atoms with Crippen LogP contribution < -0.4 is 0 Å². The summed E-state index contributed by atoms with van der Waals surface area (Å²) in [7, 11) is 1.95. The molecule has 0 aliphatic carbocycles. The number of rotatable bonds is 4. The van der Waals surface area contributed by atoms with Crippen LogP contribution in [0.4, 0.5) is 0 Å². The number of halogens is 1. The van der Waals surface area contributed by atoms with Crippen molar-refractivity contribution in [2.75, 3.05) is 26.2 Å². The SMILES string of the molecule is Cn1cnnc1[C@H]1CN(CCc2ccccc2Cl)CCO1. The lowest BCUT2D eigenvalue weighted by Crippen LogP contribution is -2.40. The Balaban J connectivity index is 1.59. The number of ether oxygens (including phenoxy) is 1. The van der Waals surface area contributed by atoms with Gasteiger partial charge in [0.2, 0.25) is 0 Å². The van der Waals surface area contributed by atoms with Crippen LogP contribution in [0.5, 0.6) is 0 Å². The van der Waals surface area contributed by atoms with Gasteiger partial charge >= 0.3 is 0 Å². The van der Waals surface area contributed by atoms with Crippen molar-refractivity contribution in [3.8, 4) is 0 Å². The Kier molecular flexibility index (Phi) is 4.53. The quantitative estimate of drug-likeness (QED) is 0.867. The highest BCUT2D eigenvalue weighted by atomic mass is 35.5. The second kappa shape index (κ2) is 6.56. The summed E-state index contributed by atoms with van der Waals surface area (Å²) in [5.41, 5.74) is 1.20. The lowest BCUT2D eigenvalue weighted by molar-refractivity contribution is -0.0352. The van der Waals surface area contributed by atoms with Gasteiger partial charge in [-0.25, -0.2) is 0 Å². The van der Waals surface area contributed by atoms with Crippen molar-refractivity contribution in [2.45, 2.75) is 12.5 Å². The van der Waals surface area contributed by atoms with Crippen molar-refractivity contribution in [3.63, 3.8) is 0 Å². The molecule has 1 atom stereocenters. The van der Waals surface area contributed by atoms with E-state index in [1.54, 1.807) is 6.33 Å². The summed E-state index contributed by atoms with van der Waals surface area (Å²) in [6, 6.07) is 8.02. The zero-order valence-electron chi connectivity index (χ0n) is 12.1. The maximum Gasteiger partial charge on any atom is 0.163 e. The van der Waals surface area contributed by atoms with Crippen LogP contribution in [0, 0.1) is 0 Å². The highest BCUT2D eigenvalue weighted by Crippen LogP contribution is 2.21. The van der Waals surface area contributed by atoms with E-state index in [-0.39, 0.29) is 6.10 Å². The van der Waals surface area contributed by atoms with Crippen LogP contribution in [0.2, 0.25) is 5.02 Å². The van der Waals surface area contributed by atoms with Gasteiger partial charge in [-0.3, -0.25) is 4.90 Å². The summed E-state index contributed by atoms with van der Waals surface area (Å²) in [6.07, 6.45) is 2.66. The molecule has 0 saturated carbocycles. The van der Waals surface area contributed by atoms with Crippen molar-refractivity contribution in [3.05, 3.63) is 47.0 Å². The molecule has 1 fully saturated rings. The topological polar surface area (TPSA) is 43.2 Å². The Morgan fingerprint density at radius 2 is 2.24 bits per heavy atom. The second-order valence-corrected chi connectivity index (χ2v) is 5.71. The number of morpholine rings is 1. The van der Waals surface area contributed by atoms with Gasteiger partial charge in [-0.05, 0) is 18.1 Å². The van der Waals surface area contributed by atoms with Gasteiger partial charge < -0.3 is 9.30 Å². The molecule has 1 aliphatic rings. The van der Waals surface area contributed by atoms with Gasteiger partial charge in [0.05, 0.1) is 6.61 Å². The van der Waals surface area contributed by atoms with E-state index in [0.717, 1.165) is 43.5 Å². The highest BCUT2D eigenvalue weighted by molar-refractivity contribution is 6.31. The average Bonchev–Trinajstić information content (AvgIpc) is 2.93. The Labute approximate surface area is 129 Å². The molecule has 1 aliphatic heterocycles. The van der Waals surface area contributed by atoms with Crippen LogP contribution in [-0.4, -0.2) is 45.9 Å². The molecule has 2 heterocycles. The number of aryl methyl sites for hydroxylation is 1. The number of aromatic nitrogens is 3. The largest absolute Gasteiger partial charge is 0.368 e. The van der Waals surface area contributed by atoms with E-state index >= 15 is 0 Å². The monoisotopic (exact) mass is 306 g/mol. The second-order valence-electron chi connectivity index (χ2n) is 5.30. The molecule has 0 unspecified atom stereocenters. The van der Waals surface area contributed by atoms with Crippen molar-refractivity contribution >= 4 is 11.6 Å². The van der Waals surface area contributed by atoms with Gasteiger partial charge in [0, 0.05) is 31.7 Å². The summed E-state index contributed by atoms with van der Waals surface area (Å²) in [5, 5.41) is 8.91. The van der Waals surface area contributed by atoms with Crippen molar-refractivity contribution < 1.29 is 4.74 Å². The average molecular weight is 307 g/mol. The molecule has 1 aromatic carbocycles. The zero-order chi connectivity index (χ0) is 14.7. The third-order valence-electron chi connectivity index (χ3n) is 3.84. The van der Waals surface area contributed by atoms with Crippen LogP contribution in [0.3, 0.4) is 0 Å². The molecular weight excluding hydrogens is 288 g/mol. The van der Waals surface area contributed by atoms with Gasteiger partial charge in [0.15, 0.2) is 5.82 Å². The van der Waals surface area contributed by atoms with Gasteiger partial charge in [0.1, 0.15) is 12.4 Å². The molecule has 5 nitrogen and oxygen atoms in total. The van der Waals surface area contributed by atoms with E-state index in [4.69, 9.17) is 16.3 Å². The van der Waals surface area contributed by atoms with E-state index in [0.29, 0.717) is 0 Å². The standard InChI is InChI=1S/C15H19ClN4O/c1-19-11-17-18-15(19)14-10-20(8-9-21-14)7-6-12-4-2-3-5-13(12)16/h2-5,11,14H,6-10H2,1H3/t14-/m1/s1. The van der Waals surface area contributed by atoms with Crippen LogP contribution in [-0.2, 0) is 18.2 Å². The van der Waals surface area contributed by atoms with Crippen LogP contribution in [0.15, 0.2) is 30.6 Å². The van der Waals surface area contributed by atoms with E-state index in [1.165, 1.54) is 5.56 Å². The Morgan fingerprint density at radius 1 is 1.38 bits per heavy atom. The minimum atomic E-state index is -0.00232. The Morgan fingerprint density at radius 3 is 3.00 bits per heavy atom. The summed E-state index contributed by atoms with van der Waals surface area (Å²) < 4.78 is 7.74. The Bertz CT molecular complexity index is 601. The van der Waals surface area contributed by atoms with Crippen molar-refractivity contribution in [1.82, 2.24) is 19.7 Å².